The highest BCUT2D eigenvalue weighted by Crippen LogP contribution is 2.35. The lowest BCUT2D eigenvalue weighted by Crippen LogP contribution is -2.15. The van der Waals surface area contributed by atoms with Crippen molar-refractivity contribution in [3.05, 3.63) is 53.1 Å². The molecule has 0 saturated carbocycles. The number of rotatable bonds is 3. The van der Waals surface area contributed by atoms with Crippen LogP contribution in [0.5, 0.6) is 5.75 Å². The molecule has 1 aliphatic carbocycles. The van der Waals surface area contributed by atoms with Crippen LogP contribution in [-0.2, 0) is 29.0 Å². The third-order valence-corrected chi connectivity index (χ3v) is 5.56. The number of halogens is 3. The summed E-state index contributed by atoms with van der Waals surface area (Å²) in [6, 6.07) is 6.78. The molecule has 2 aromatic rings. The van der Waals surface area contributed by atoms with Gasteiger partial charge >= 0.3 is 6.18 Å². The number of nitrogens with one attached hydrogen (secondary N) is 1. The second-order valence-corrected chi connectivity index (χ2v) is 7.66. The Balaban J connectivity index is 1.94. The Morgan fingerprint density at radius 3 is 2.32 bits per heavy atom. The number of hydrogen-bond acceptors (Lipinski definition) is 3. The Morgan fingerprint density at radius 2 is 1.64 bits per heavy atom. The van der Waals surface area contributed by atoms with Gasteiger partial charge in [0.25, 0.3) is 10.0 Å². The molecule has 1 aliphatic rings. The summed E-state index contributed by atoms with van der Waals surface area (Å²) in [6.07, 6.45) is -0.960. The number of phenols is 1. The summed E-state index contributed by atoms with van der Waals surface area (Å²) >= 11 is 0. The number of anilines is 1. The number of benzene rings is 2. The summed E-state index contributed by atoms with van der Waals surface area (Å²) < 4.78 is 65.4. The van der Waals surface area contributed by atoms with Crippen LogP contribution >= 0.6 is 0 Å². The van der Waals surface area contributed by atoms with Gasteiger partial charge < -0.3 is 5.11 Å². The Bertz CT molecular complexity index is 908. The van der Waals surface area contributed by atoms with Gasteiger partial charge in [0.2, 0.25) is 0 Å². The SMILES string of the molecule is O=S(=O)(Nc1cc(C(F)(F)F)ccc1O)c1ccc2c(c1)CCCC2. The molecule has 8 heteroatoms. The summed E-state index contributed by atoms with van der Waals surface area (Å²) in [5, 5.41) is 9.71. The lowest BCUT2D eigenvalue weighted by molar-refractivity contribution is -0.137. The van der Waals surface area contributed by atoms with Crippen LogP contribution in [-0.4, -0.2) is 13.5 Å². The maximum atomic E-state index is 12.8. The lowest BCUT2D eigenvalue weighted by atomic mass is 9.92. The first-order chi connectivity index (χ1) is 11.7. The van der Waals surface area contributed by atoms with Gasteiger partial charge in [-0.2, -0.15) is 13.2 Å². The minimum atomic E-state index is -4.64. The van der Waals surface area contributed by atoms with E-state index in [0.29, 0.717) is 12.1 Å². The summed E-state index contributed by atoms with van der Waals surface area (Å²) in [4.78, 5) is -0.0371. The van der Waals surface area contributed by atoms with Crippen LogP contribution in [0.3, 0.4) is 0 Å². The van der Waals surface area contributed by atoms with E-state index >= 15 is 0 Å². The molecule has 2 aromatic carbocycles. The van der Waals surface area contributed by atoms with Crippen LogP contribution in [0.4, 0.5) is 18.9 Å². The van der Waals surface area contributed by atoms with Crippen LogP contribution < -0.4 is 4.72 Å². The van der Waals surface area contributed by atoms with Crippen LogP contribution in [0.2, 0.25) is 0 Å². The highest BCUT2D eigenvalue weighted by atomic mass is 32.2. The molecule has 0 aliphatic heterocycles. The molecule has 0 amide bonds. The van der Waals surface area contributed by atoms with E-state index in [0.717, 1.165) is 42.9 Å². The molecular formula is C17H16F3NO3S. The van der Waals surface area contributed by atoms with E-state index in [2.05, 4.69) is 0 Å². The van der Waals surface area contributed by atoms with E-state index in [1.165, 1.54) is 6.07 Å². The van der Waals surface area contributed by atoms with Crippen LogP contribution in [0.25, 0.3) is 0 Å². The number of aryl methyl sites for hydroxylation is 2. The van der Waals surface area contributed by atoms with Gasteiger partial charge in [0.05, 0.1) is 16.1 Å². The standard InChI is InChI=1S/C17H16F3NO3S/c18-17(19,20)13-6-8-16(22)15(10-13)21-25(23,24)14-7-5-11-3-1-2-4-12(11)9-14/h5-10,21-22H,1-4H2. The average molecular weight is 371 g/mol. The van der Waals surface area contributed by atoms with Gasteiger partial charge in [-0.3, -0.25) is 4.72 Å². The highest BCUT2D eigenvalue weighted by molar-refractivity contribution is 7.92. The zero-order valence-corrected chi connectivity index (χ0v) is 13.9. The summed E-state index contributed by atoms with van der Waals surface area (Å²) in [6.45, 7) is 0. The third-order valence-electron chi connectivity index (χ3n) is 4.20. The number of sulfonamides is 1. The highest BCUT2D eigenvalue weighted by Gasteiger charge is 2.31. The summed E-state index contributed by atoms with van der Waals surface area (Å²) in [7, 11) is -4.11. The molecule has 0 unspecified atom stereocenters. The smallest absolute Gasteiger partial charge is 0.416 e. The molecule has 0 heterocycles. The minimum absolute atomic E-state index is 0.0371. The van der Waals surface area contributed by atoms with Gasteiger partial charge in [0, 0.05) is 0 Å². The van der Waals surface area contributed by atoms with Gasteiger partial charge in [0.15, 0.2) is 0 Å². The molecule has 2 N–H and O–H groups in total. The fraction of sp³-hybridized carbons (Fsp3) is 0.294. The Morgan fingerprint density at radius 1 is 0.960 bits per heavy atom. The quantitative estimate of drug-likeness (QED) is 0.799. The predicted molar refractivity (Wildman–Crippen MR) is 87.0 cm³/mol. The normalized spacial score (nSPS) is 14.8. The molecule has 25 heavy (non-hydrogen) atoms. The fourth-order valence-corrected chi connectivity index (χ4v) is 3.99. The molecule has 0 spiro atoms. The molecule has 4 nitrogen and oxygen atoms in total. The second kappa shape index (κ2) is 6.25. The van der Waals surface area contributed by atoms with Gasteiger partial charge in [-0.1, -0.05) is 6.07 Å². The Kier molecular flexibility index (Phi) is 4.40. The molecule has 0 aromatic heterocycles. The number of alkyl halides is 3. The van der Waals surface area contributed by atoms with Crippen molar-refractivity contribution in [2.24, 2.45) is 0 Å². The topological polar surface area (TPSA) is 66.4 Å². The van der Waals surface area contributed by atoms with Gasteiger partial charge in [-0.15, -0.1) is 0 Å². The molecule has 0 saturated heterocycles. The number of fused-ring (bicyclic) bond motifs is 1. The molecule has 0 atom stereocenters. The van der Waals surface area contributed by atoms with Crippen molar-refractivity contribution in [3.8, 4) is 5.75 Å². The molecule has 134 valence electrons. The fourth-order valence-electron chi connectivity index (χ4n) is 2.87. The van der Waals surface area contributed by atoms with E-state index in [9.17, 15) is 26.7 Å². The summed E-state index contributed by atoms with van der Waals surface area (Å²) in [5.41, 5.74) is 0.468. The van der Waals surface area contributed by atoms with Crippen molar-refractivity contribution in [2.45, 2.75) is 36.8 Å². The molecule has 0 fully saturated rings. The van der Waals surface area contributed by atoms with E-state index in [-0.39, 0.29) is 4.90 Å². The first kappa shape index (κ1) is 17.6. The van der Waals surface area contributed by atoms with E-state index in [1.54, 1.807) is 12.1 Å². The van der Waals surface area contributed by atoms with E-state index in [4.69, 9.17) is 0 Å². The molecule has 0 radical (unpaired) electrons. The van der Waals surface area contributed by atoms with Crippen molar-refractivity contribution in [3.63, 3.8) is 0 Å². The maximum absolute atomic E-state index is 12.8. The van der Waals surface area contributed by atoms with Gasteiger partial charge in [-0.25, -0.2) is 8.42 Å². The zero-order valence-electron chi connectivity index (χ0n) is 13.1. The number of hydrogen-bond donors (Lipinski definition) is 2. The summed E-state index contributed by atoms with van der Waals surface area (Å²) in [5.74, 6) is -0.575. The van der Waals surface area contributed by atoms with Crippen molar-refractivity contribution >= 4 is 15.7 Å². The Hall–Kier alpha value is -2.22. The molecule has 0 bridgehead atoms. The van der Waals surface area contributed by atoms with Crippen molar-refractivity contribution in [2.75, 3.05) is 4.72 Å². The van der Waals surface area contributed by atoms with E-state index < -0.39 is 33.2 Å². The van der Waals surface area contributed by atoms with Crippen LogP contribution in [0.15, 0.2) is 41.3 Å². The van der Waals surface area contributed by atoms with Crippen molar-refractivity contribution < 1.29 is 26.7 Å². The van der Waals surface area contributed by atoms with Crippen LogP contribution in [0, 0.1) is 0 Å². The Labute approximate surface area is 143 Å². The van der Waals surface area contributed by atoms with Gasteiger partial charge in [0.1, 0.15) is 5.75 Å². The average Bonchev–Trinajstić information content (AvgIpc) is 2.55. The first-order valence-electron chi connectivity index (χ1n) is 7.72. The number of phenolic OH excluding ortho intramolecular Hbond substituents is 1. The largest absolute Gasteiger partial charge is 0.506 e. The zero-order chi connectivity index (χ0) is 18.2. The monoisotopic (exact) mass is 371 g/mol. The molecule has 3 rings (SSSR count). The minimum Gasteiger partial charge on any atom is -0.506 e. The lowest BCUT2D eigenvalue weighted by Gasteiger charge is -2.17. The van der Waals surface area contributed by atoms with E-state index in [1.807, 2.05) is 4.72 Å². The van der Waals surface area contributed by atoms with Crippen molar-refractivity contribution in [1.82, 2.24) is 0 Å². The maximum Gasteiger partial charge on any atom is 0.416 e. The van der Waals surface area contributed by atoms with Crippen molar-refractivity contribution in [1.29, 1.82) is 0 Å². The number of aromatic hydroxyl groups is 1. The molecular weight excluding hydrogens is 355 g/mol. The van der Waals surface area contributed by atoms with Gasteiger partial charge in [-0.05, 0) is 67.1 Å². The van der Waals surface area contributed by atoms with Crippen LogP contribution in [0.1, 0.15) is 29.5 Å². The predicted octanol–water partition coefficient (Wildman–Crippen LogP) is 4.09. The third kappa shape index (κ3) is 3.73. The first-order valence-corrected chi connectivity index (χ1v) is 9.20. The second-order valence-electron chi connectivity index (χ2n) is 5.97.